The lowest BCUT2D eigenvalue weighted by molar-refractivity contribution is -0.118. The molecule has 0 aliphatic heterocycles. The maximum atomic E-state index is 11.0. The maximum Gasteiger partial charge on any atom is 0.345 e. The summed E-state index contributed by atoms with van der Waals surface area (Å²) in [6.45, 7) is 1.98. The van der Waals surface area contributed by atoms with Crippen LogP contribution in [-0.4, -0.2) is 23.5 Å². The first-order valence-corrected chi connectivity index (χ1v) is 6.89. The van der Waals surface area contributed by atoms with Crippen molar-refractivity contribution in [2.45, 2.75) is 13.3 Å². The molecular weight excluding hydrogens is 274 g/mol. The second-order valence-electron chi connectivity index (χ2n) is 4.17. The molecule has 1 heterocycles. The molecule has 2 aromatic rings. The molecule has 2 N–H and O–H groups in total. The first-order chi connectivity index (χ1) is 9.58. The van der Waals surface area contributed by atoms with Gasteiger partial charge in [0.1, 0.15) is 4.88 Å². The van der Waals surface area contributed by atoms with Crippen molar-refractivity contribution in [2.75, 3.05) is 6.54 Å². The third kappa shape index (κ3) is 3.37. The molecule has 0 aliphatic carbocycles. The average Bonchev–Trinajstić information content (AvgIpc) is 2.83. The number of thiophene rings is 1. The molecule has 1 aromatic carbocycles. The Kier molecular flexibility index (Phi) is 4.38. The standard InChI is InChI=1S/C15H13NO3S/c1-10(17)16-8-3-2-5-11-6-4-7-13-12(11)9-14(20-13)15(18)19/h4,6-7,9H,3,8H2,1H3,(H,16,17)(H,18,19). The highest BCUT2D eigenvalue weighted by molar-refractivity contribution is 7.20. The van der Waals surface area contributed by atoms with Crippen molar-refractivity contribution in [3.05, 3.63) is 34.7 Å². The Labute approximate surface area is 120 Å². The Morgan fingerprint density at radius 3 is 2.90 bits per heavy atom. The number of carboxylic acids is 1. The van der Waals surface area contributed by atoms with Gasteiger partial charge in [0, 0.05) is 35.5 Å². The lowest BCUT2D eigenvalue weighted by Gasteiger charge is -1.95. The number of fused-ring (bicyclic) bond motifs is 1. The fraction of sp³-hybridized carbons (Fsp3) is 0.200. The Bertz CT molecular complexity index is 722. The summed E-state index contributed by atoms with van der Waals surface area (Å²) in [5, 5.41) is 12.5. The topological polar surface area (TPSA) is 66.4 Å². The molecule has 0 saturated carbocycles. The zero-order valence-electron chi connectivity index (χ0n) is 10.9. The molecule has 102 valence electrons. The number of carbonyl (C=O) groups is 2. The highest BCUT2D eigenvalue weighted by atomic mass is 32.1. The number of nitrogens with one attached hydrogen (secondary N) is 1. The van der Waals surface area contributed by atoms with Gasteiger partial charge >= 0.3 is 5.97 Å². The van der Waals surface area contributed by atoms with E-state index in [9.17, 15) is 9.59 Å². The van der Waals surface area contributed by atoms with E-state index in [0.717, 1.165) is 15.6 Å². The lowest BCUT2D eigenvalue weighted by atomic mass is 10.1. The second kappa shape index (κ2) is 6.22. The average molecular weight is 287 g/mol. The molecule has 2 rings (SSSR count). The molecule has 0 bridgehead atoms. The van der Waals surface area contributed by atoms with Crippen LogP contribution in [0.25, 0.3) is 10.1 Å². The normalized spacial score (nSPS) is 9.85. The fourth-order valence-electron chi connectivity index (χ4n) is 1.73. The number of hydrogen-bond acceptors (Lipinski definition) is 3. The van der Waals surface area contributed by atoms with Crippen LogP contribution in [0.3, 0.4) is 0 Å². The van der Waals surface area contributed by atoms with Gasteiger partial charge in [-0.05, 0) is 18.2 Å². The van der Waals surface area contributed by atoms with Crippen molar-refractivity contribution in [3.63, 3.8) is 0 Å². The van der Waals surface area contributed by atoms with Gasteiger partial charge in [-0.3, -0.25) is 4.79 Å². The molecule has 0 saturated heterocycles. The first-order valence-electron chi connectivity index (χ1n) is 6.07. The van der Waals surface area contributed by atoms with Crippen LogP contribution in [0.4, 0.5) is 0 Å². The summed E-state index contributed by atoms with van der Waals surface area (Å²) < 4.78 is 0.913. The summed E-state index contributed by atoms with van der Waals surface area (Å²) in [6.07, 6.45) is 0.561. The van der Waals surface area contributed by atoms with Gasteiger partial charge in [-0.2, -0.15) is 0 Å². The third-order valence-electron chi connectivity index (χ3n) is 2.62. The Balaban J connectivity index is 2.20. The zero-order valence-corrected chi connectivity index (χ0v) is 11.7. The molecule has 0 fully saturated rings. The van der Waals surface area contributed by atoms with E-state index in [-0.39, 0.29) is 5.91 Å². The lowest BCUT2D eigenvalue weighted by Crippen LogP contribution is -2.20. The van der Waals surface area contributed by atoms with Gasteiger partial charge < -0.3 is 10.4 Å². The minimum atomic E-state index is -0.921. The summed E-state index contributed by atoms with van der Waals surface area (Å²) in [5.74, 6) is 5.01. The van der Waals surface area contributed by atoms with Gasteiger partial charge in [-0.25, -0.2) is 4.79 Å². The highest BCUT2D eigenvalue weighted by Crippen LogP contribution is 2.27. The molecule has 1 aromatic heterocycles. The van der Waals surface area contributed by atoms with Crippen molar-refractivity contribution < 1.29 is 14.7 Å². The van der Waals surface area contributed by atoms with E-state index in [4.69, 9.17) is 5.11 Å². The van der Waals surface area contributed by atoms with Crippen LogP contribution in [0.15, 0.2) is 24.3 Å². The minimum Gasteiger partial charge on any atom is -0.477 e. The Hall–Kier alpha value is -2.32. The van der Waals surface area contributed by atoms with E-state index in [1.807, 2.05) is 18.2 Å². The summed E-state index contributed by atoms with van der Waals surface area (Å²) >= 11 is 1.24. The van der Waals surface area contributed by atoms with E-state index < -0.39 is 5.97 Å². The monoisotopic (exact) mass is 287 g/mol. The number of rotatable bonds is 3. The van der Waals surface area contributed by atoms with Gasteiger partial charge in [0.25, 0.3) is 0 Å². The third-order valence-corrected chi connectivity index (χ3v) is 3.71. The molecule has 0 aliphatic rings. The number of aromatic carboxylic acids is 1. The smallest absolute Gasteiger partial charge is 0.345 e. The SMILES string of the molecule is CC(=O)NCCC#Cc1cccc2sc(C(=O)O)cc12. The number of amides is 1. The van der Waals surface area contributed by atoms with Gasteiger partial charge in [0.2, 0.25) is 5.91 Å². The van der Waals surface area contributed by atoms with Crippen LogP contribution in [0.1, 0.15) is 28.6 Å². The number of benzene rings is 1. The molecular formula is C15H13NO3S. The zero-order chi connectivity index (χ0) is 14.5. The van der Waals surface area contributed by atoms with E-state index in [1.165, 1.54) is 18.3 Å². The highest BCUT2D eigenvalue weighted by Gasteiger charge is 2.09. The van der Waals surface area contributed by atoms with Crippen LogP contribution in [0, 0.1) is 11.8 Å². The molecule has 0 radical (unpaired) electrons. The van der Waals surface area contributed by atoms with Gasteiger partial charge in [-0.1, -0.05) is 17.9 Å². The van der Waals surface area contributed by atoms with Crippen molar-refractivity contribution in [1.82, 2.24) is 5.32 Å². The molecule has 4 nitrogen and oxygen atoms in total. The van der Waals surface area contributed by atoms with Crippen molar-refractivity contribution >= 4 is 33.3 Å². The second-order valence-corrected chi connectivity index (χ2v) is 5.25. The van der Waals surface area contributed by atoms with E-state index >= 15 is 0 Å². The summed E-state index contributed by atoms with van der Waals surface area (Å²) in [7, 11) is 0. The number of carbonyl (C=O) groups excluding carboxylic acids is 1. The molecule has 5 heteroatoms. The predicted octanol–water partition coefficient (Wildman–Crippen LogP) is 2.48. The van der Waals surface area contributed by atoms with Crippen LogP contribution in [0.2, 0.25) is 0 Å². The van der Waals surface area contributed by atoms with E-state index in [2.05, 4.69) is 17.2 Å². The fourth-order valence-corrected chi connectivity index (χ4v) is 2.66. The quantitative estimate of drug-likeness (QED) is 0.673. The van der Waals surface area contributed by atoms with Crippen LogP contribution in [-0.2, 0) is 4.79 Å². The number of carboxylic acid groups (broad SMARTS) is 1. The number of hydrogen-bond donors (Lipinski definition) is 2. The van der Waals surface area contributed by atoms with Crippen LogP contribution < -0.4 is 5.32 Å². The summed E-state index contributed by atoms with van der Waals surface area (Å²) in [4.78, 5) is 22.0. The van der Waals surface area contributed by atoms with Gasteiger partial charge in [0.05, 0.1) is 0 Å². The van der Waals surface area contributed by atoms with Crippen LogP contribution >= 0.6 is 11.3 Å². The minimum absolute atomic E-state index is 0.0714. The van der Waals surface area contributed by atoms with E-state index in [0.29, 0.717) is 17.8 Å². The summed E-state index contributed by atoms with van der Waals surface area (Å²) in [5.41, 5.74) is 0.814. The molecule has 0 atom stereocenters. The predicted molar refractivity (Wildman–Crippen MR) is 79.0 cm³/mol. The van der Waals surface area contributed by atoms with E-state index in [1.54, 1.807) is 6.07 Å². The van der Waals surface area contributed by atoms with Gasteiger partial charge in [0.15, 0.2) is 0 Å². The molecule has 0 spiro atoms. The molecule has 1 amide bonds. The van der Waals surface area contributed by atoms with Crippen molar-refractivity contribution in [2.24, 2.45) is 0 Å². The maximum absolute atomic E-state index is 11.0. The molecule has 20 heavy (non-hydrogen) atoms. The largest absolute Gasteiger partial charge is 0.477 e. The van der Waals surface area contributed by atoms with Gasteiger partial charge in [-0.15, -0.1) is 11.3 Å². The molecule has 0 unspecified atom stereocenters. The summed E-state index contributed by atoms with van der Waals surface area (Å²) in [6, 6.07) is 7.27. The first kappa shape index (κ1) is 14.1. The van der Waals surface area contributed by atoms with Crippen molar-refractivity contribution in [3.8, 4) is 11.8 Å². The Morgan fingerprint density at radius 2 is 2.20 bits per heavy atom. The van der Waals surface area contributed by atoms with Crippen molar-refractivity contribution in [1.29, 1.82) is 0 Å². The van der Waals surface area contributed by atoms with Crippen LogP contribution in [0.5, 0.6) is 0 Å². The Morgan fingerprint density at radius 1 is 1.40 bits per heavy atom.